The van der Waals surface area contributed by atoms with E-state index >= 15 is 0 Å². The van der Waals surface area contributed by atoms with Crippen molar-refractivity contribution in [3.8, 4) is 34.5 Å². The minimum absolute atomic E-state index is 0.578. The lowest BCUT2D eigenvalue weighted by Gasteiger charge is -2.49. The van der Waals surface area contributed by atoms with Gasteiger partial charge in [-0.3, -0.25) is 9.59 Å². The van der Waals surface area contributed by atoms with Gasteiger partial charge in [0.25, 0.3) is 0 Å². The molecule has 4 atom stereocenters. The van der Waals surface area contributed by atoms with Crippen molar-refractivity contribution in [1.82, 2.24) is 0 Å². The molecule has 0 radical (unpaired) electrons. The summed E-state index contributed by atoms with van der Waals surface area (Å²) in [5.74, 6) is -9.18. The molecule has 0 aromatic heterocycles. The number of hydrogen-bond acceptors (Lipinski definition) is 13. The summed E-state index contributed by atoms with van der Waals surface area (Å²) in [6, 6.07) is 2.36. The van der Waals surface area contributed by atoms with Crippen LogP contribution >= 0.6 is 0 Å². The molecule has 2 aromatic carbocycles. The third-order valence-corrected chi connectivity index (χ3v) is 5.48. The minimum atomic E-state index is -3.48. The summed E-state index contributed by atoms with van der Waals surface area (Å²) < 4.78 is 5.03. The summed E-state index contributed by atoms with van der Waals surface area (Å²) in [6.07, 6.45) is -4.12. The lowest BCUT2D eigenvalue weighted by atomic mass is 9.67. The predicted octanol–water partition coefficient (Wildman–Crippen LogP) is -1.80. The van der Waals surface area contributed by atoms with Crippen LogP contribution in [0, 0.1) is 0 Å². The highest BCUT2D eigenvalue weighted by Crippen LogP contribution is 2.43. The van der Waals surface area contributed by atoms with E-state index in [1.807, 2.05) is 0 Å². The van der Waals surface area contributed by atoms with Crippen molar-refractivity contribution in [3.63, 3.8) is 0 Å². The number of benzene rings is 2. The van der Waals surface area contributed by atoms with Crippen LogP contribution in [0.15, 0.2) is 24.3 Å². The van der Waals surface area contributed by atoms with Crippen molar-refractivity contribution < 1.29 is 65.4 Å². The standard InChI is InChI=1S/C20H20O13/c21-5-13-18(30)20(32,17(29)8-3-11(24)15(27)12(25)4-8)19(31,6-33-13)16(28)7-1-9(22)14(26)10(23)2-7/h1-4,13,18,21-27,30-32H,5-6H2/t13-,18-,19-,20+/m1/s1. The maximum absolute atomic E-state index is 13.2. The van der Waals surface area contributed by atoms with Crippen LogP contribution in [-0.2, 0) is 4.74 Å². The Labute approximate surface area is 184 Å². The van der Waals surface area contributed by atoms with Crippen LogP contribution in [0.25, 0.3) is 0 Å². The van der Waals surface area contributed by atoms with Crippen LogP contribution in [0.2, 0.25) is 0 Å². The number of aromatic hydroxyl groups is 6. The lowest BCUT2D eigenvalue weighted by molar-refractivity contribution is -0.251. The van der Waals surface area contributed by atoms with E-state index in [4.69, 9.17) is 4.74 Å². The molecule has 0 unspecified atom stereocenters. The molecule has 1 aliphatic rings. The Bertz CT molecular complexity index is 1080. The molecular formula is C20H20O13. The van der Waals surface area contributed by atoms with Crippen LogP contribution in [0.3, 0.4) is 0 Å². The molecule has 13 nitrogen and oxygen atoms in total. The van der Waals surface area contributed by atoms with Gasteiger partial charge in [-0.2, -0.15) is 0 Å². The molecule has 33 heavy (non-hydrogen) atoms. The van der Waals surface area contributed by atoms with Crippen molar-refractivity contribution in [1.29, 1.82) is 0 Å². The summed E-state index contributed by atoms with van der Waals surface area (Å²) in [5, 5.41) is 100. The highest BCUT2D eigenvalue weighted by atomic mass is 16.5. The van der Waals surface area contributed by atoms with Crippen LogP contribution < -0.4 is 0 Å². The van der Waals surface area contributed by atoms with Crippen LogP contribution in [-0.4, -0.2) is 99.3 Å². The third kappa shape index (κ3) is 3.48. The average Bonchev–Trinajstić information content (AvgIpc) is 2.77. The monoisotopic (exact) mass is 468 g/mol. The molecule has 1 saturated heterocycles. The molecule has 1 heterocycles. The van der Waals surface area contributed by atoms with Crippen molar-refractivity contribution in [3.05, 3.63) is 35.4 Å². The topological polar surface area (TPSA) is 246 Å². The fourth-order valence-corrected chi connectivity index (χ4v) is 3.59. The summed E-state index contributed by atoms with van der Waals surface area (Å²) in [4.78, 5) is 26.4. The van der Waals surface area contributed by atoms with Gasteiger partial charge in [0.15, 0.2) is 45.7 Å². The van der Waals surface area contributed by atoms with E-state index in [0.29, 0.717) is 24.3 Å². The zero-order chi connectivity index (χ0) is 24.9. The van der Waals surface area contributed by atoms with Crippen molar-refractivity contribution in [2.24, 2.45) is 0 Å². The quantitative estimate of drug-likeness (QED) is 0.172. The first-order valence-electron chi connectivity index (χ1n) is 9.24. The zero-order valence-corrected chi connectivity index (χ0v) is 16.6. The number of carbonyl (C=O) groups is 2. The maximum atomic E-state index is 13.2. The van der Waals surface area contributed by atoms with Crippen LogP contribution in [0.4, 0.5) is 0 Å². The zero-order valence-electron chi connectivity index (χ0n) is 16.6. The van der Waals surface area contributed by atoms with E-state index in [1.54, 1.807) is 0 Å². The van der Waals surface area contributed by atoms with E-state index in [2.05, 4.69) is 0 Å². The number of carbonyl (C=O) groups excluding carboxylic acids is 2. The van der Waals surface area contributed by atoms with E-state index in [9.17, 15) is 60.7 Å². The maximum Gasteiger partial charge on any atom is 0.201 e. The van der Waals surface area contributed by atoms with Gasteiger partial charge in [0, 0.05) is 11.1 Å². The molecule has 1 fully saturated rings. The summed E-state index contributed by atoms with van der Waals surface area (Å²) in [5.41, 5.74) is -8.26. The largest absolute Gasteiger partial charge is 0.504 e. The van der Waals surface area contributed by atoms with Crippen LogP contribution in [0.5, 0.6) is 34.5 Å². The van der Waals surface area contributed by atoms with E-state index in [-0.39, 0.29) is 0 Å². The fraction of sp³-hybridized carbons (Fsp3) is 0.300. The van der Waals surface area contributed by atoms with Crippen LogP contribution in [0.1, 0.15) is 20.7 Å². The molecule has 0 aliphatic carbocycles. The smallest absolute Gasteiger partial charge is 0.201 e. The van der Waals surface area contributed by atoms with Gasteiger partial charge >= 0.3 is 0 Å². The van der Waals surface area contributed by atoms with E-state index in [0.717, 1.165) is 0 Å². The van der Waals surface area contributed by atoms with Gasteiger partial charge in [-0.15, -0.1) is 0 Å². The Morgan fingerprint density at radius 1 is 0.818 bits per heavy atom. The van der Waals surface area contributed by atoms with E-state index < -0.39 is 93.8 Å². The Hall–Kier alpha value is -3.62. The number of hydrogen-bond donors (Lipinski definition) is 10. The molecule has 13 heteroatoms. The second-order valence-electron chi connectivity index (χ2n) is 7.49. The summed E-state index contributed by atoms with van der Waals surface area (Å²) in [7, 11) is 0. The molecule has 10 N–H and O–H groups in total. The Balaban J connectivity index is 2.20. The Morgan fingerprint density at radius 3 is 1.61 bits per heavy atom. The highest BCUT2D eigenvalue weighted by molar-refractivity contribution is 6.13. The number of aliphatic hydroxyl groups is 4. The lowest BCUT2D eigenvalue weighted by Crippen LogP contribution is -2.76. The molecule has 3 rings (SSSR count). The average molecular weight is 468 g/mol. The second kappa shape index (κ2) is 8.06. The molecule has 178 valence electrons. The van der Waals surface area contributed by atoms with Gasteiger partial charge in [-0.25, -0.2) is 0 Å². The molecule has 1 aliphatic heterocycles. The number of phenolic OH excluding ortho intramolecular Hbond substituents is 6. The van der Waals surface area contributed by atoms with Crippen molar-refractivity contribution >= 4 is 11.6 Å². The van der Waals surface area contributed by atoms with Gasteiger partial charge in [-0.05, 0) is 24.3 Å². The number of Topliss-reactive ketones (excluding diaryl/α,β-unsaturated/α-hetero) is 2. The van der Waals surface area contributed by atoms with Gasteiger partial charge < -0.3 is 55.8 Å². The first-order chi connectivity index (χ1) is 15.3. The molecular weight excluding hydrogens is 448 g/mol. The SMILES string of the molecule is O=C(c1cc(O)c(O)c(O)c1)[C@]1(O)CO[C@H](CO)[C@@H](O)[C@@]1(O)C(=O)c1cc(O)c(O)c(O)c1. The normalized spacial score (nSPS) is 27.3. The highest BCUT2D eigenvalue weighted by Gasteiger charge is 2.68. The number of ketones is 2. The summed E-state index contributed by atoms with van der Waals surface area (Å²) >= 11 is 0. The minimum Gasteiger partial charge on any atom is -0.504 e. The second-order valence-corrected chi connectivity index (χ2v) is 7.49. The first kappa shape index (κ1) is 24.0. The number of phenols is 6. The number of rotatable bonds is 5. The third-order valence-electron chi connectivity index (χ3n) is 5.48. The molecule has 0 amide bonds. The Kier molecular flexibility index (Phi) is 5.87. The molecule has 0 saturated carbocycles. The van der Waals surface area contributed by atoms with Crippen molar-refractivity contribution in [2.45, 2.75) is 23.4 Å². The fourth-order valence-electron chi connectivity index (χ4n) is 3.59. The van der Waals surface area contributed by atoms with Crippen molar-refractivity contribution in [2.75, 3.05) is 13.2 Å². The molecule has 0 bridgehead atoms. The van der Waals surface area contributed by atoms with Gasteiger partial charge in [0.1, 0.15) is 12.2 Å². The molecule has 0 spiro atoms. The number of aliphatic hydroxyl groups excluding tert-OH is 2. The Morgan fingerprint density at radius 2 is 1.21 bits per heavy atom. The van der Waals surface area contributed by atoms with Gasteiger partial charge in [-0.1, -0.05) is 0 Å². The van der Waals surface area contributed by atoms with E-state index in [1.165, 1.54) is 0 Å². The number of ether oxygens (including phenoxy) is 1. The van der Waals surface area contributed by atoms with Gasteiger partial charge in [0.05, 0.1) is 13.2 Å². The molecule has 2 aromatic rings. The predicted molar refractivity (Wildman–Crippen MR) is 104 cm³/mol. The first-order valence-corrected chi connectivity index (χ1v) is 9.24. The summed E-state index contributed by atoms with van der Waals surface area (Å²) in [6.45, 7) is -2.14. The van der Waals surface area contributed by atoms with Gasteiger partial charge in [0.2, 0.25) is 11.6 Å².